The van der Waals surface area contributed by atoms with Crippen molar-refractivity contribution in [1.29, 1.82) is 0 Å². The first-order valence-electron chi connectivity index (χ1n) is 7.80. The summed E-state index contributed by atoms with van der Waals surface area (Å²) in [6.07, 6.45) is 0. The number of carbonyl (C=O) groups excluding carboxylic acids is 1. The van der Waals surface area contributed by atoms with Crippen LogP contribution >= 0.6 is 11.6 Å². The molecular formula is C18H20ClN2O3+. The predicted octanol–water partition coefficient (Wildman–Crippen LogP) is 2.11. The van der Waals surface area contributed by atoms with Crippen molar-refractivity contribution in [3.63, 3.8) is 0 Å². The zero-order chi connectivity index (χ0) is 17.1. The Labute approximate surface area is 146 Å². The minimum atomic E-state index is -0.214. The van der Waals surface area contributed by atoms with E-state index in [1.54, 1.807) is 12.1 Å². The standard InChI is InChI=1S/C18H19ClN2O3/c1-12(21(2)10-13-4-3-5-14(19)8-13)18(22)20-15-6-7-16-17(9-15)24-11-23-16/h3-9,12H,10-11H2,1-2H3,(H,20,22)/p+1/t12-/m1/s1. The molecule has 2 atom stereocenters. The summed E-state index contributed by atoms with van der Waals surface area (Å²) < 4.78 is 10.6. The van der Waals surface area contributed by atoms with Crippen LogP contribution in [0.25, 0.3) is 0 Å². The van der Waals surface area contributed by atoms with Crippen molar-refractivity contribution in [2.45, 2.75) is 19.5 Å². The van der Waals surface area contributed by atoms with Crippen LogP contribution in [0.3, 0.4) is 0 Å². The highest BCUT2D eigenvalue weighted by molar-refractivity contribution is 6.30. The van der Waals surface area contributed by atoms with Crippen LogP contribution in [-0.4, -0.2) is 25.8 Å². The third-order valence-electron chi connectivity index (χ3n) is 4.14. The van der Waals surface area contributed by atoms with Crippen LogP contribution in [0.2, 0.25) is 5.02 Å². The number of hydrogen-bond donors (Lipinski definition) is 2. The highest BCUT2D eigenvalue weighted by Gasteiger charge is 2.23. The van der Waals surface area contributed by atoms with Crippen LogP contribution < -0.4 is 19.7 Å². The molecule has 2 aromatic carbocycles. The van der Waals surface area contributed by atoms with E-state index in [1.165, 1.54) is 0 Å². The predicted molar refractivity (Wildman–Crippen MR) is 92.7 cm³/mol. The van der Waals surface area contributed by atoms with Gasteiger partial charge in [-0.3, -0.25) is 4.79 Å². The quantitative estimate of drug-likeness (QED) is 0.871. The van der Waals surface area contributed by atoms with Gasteiger partial charge in [0.25, 0.3) is 5.91 Å². The number of nitrogens with one attached hydrogen (secondary N) is 2. The normalized spacial score (nSPS) is 15.0. The number of halogens is 1. The van der Waals surface area contributed by atoms with Gasteiger partial charge in [0, 0.05) is 22.3 Å². The van der Waals surface area contributed by atoms with Gasteiger partial charge in [-0.15, -0.1) is 0 Å². The zero-order valence-electron chi connectivity index (χ0n) is 13.6. The maximum Gasteiger partial charge on any atom is 0.282 e. The molecule has 1 amide bonds. The SMILES string of the molecule is C[C@H](C(=O)Nc1ccc2c(c1)OCO2)[NH+](C)Cc1cccc(Cl)c1. The number of rotatable bonds is 5. The van der Waals surface area contributed by atoms with Crippen molar-refractivity contribution in [3.8, 4) is 11.5 Å². The number of benzene rings is 2. The summed E-state index contributed by atoms with van der Waals surface area (Å²) in [5.74, 6) is 1.30. The van der Waals surface area contributed by atoms with Crippen LogP contribution in [0.4, 0.5) is 5.69 Å². The summed E-state index contributed by atoms with van der Waals surface area (Å²) in [4.78, 5) is 13.6. The number of carbonyl (C=O) groups is 1. The second-order valence-corrected chi connectivity index (χ2v) is 6.37. The molecular weight excluding hydrogens is 328 g/mol. The Balaban J connectivity index is 1.61. The first-order valence-corrected chi connectivity index (χ1v) is 8.18. The molecule has 1 aliphatic rings. The Hall–Kier alpha value is -2.24. The van der Waals surface area contributed by atoms with Crippen LogP contribution in [0.15, 0.2) is 42.5 Å². The molecule has 0 saturated carbocycles. The lowest BCUT2D eigenvalue weighted by Crippen LogP contribution is -3.12. The molecule has 1 unspecified atom stereocenters. The lowest BCUT2D eigenvalue weighted by Gasteiger charge is -2.21. The minimum absolute atomic E-state index is 0.0478. The van der Waals surface area contributed by atoms with Crippen molar-refractivity contribution in [3.05, 3.63) is 53.1 Å². The minimum Gasteiger partial charge on any atom is -0.454 e. The molecule has 0 fully saturated rings. The van der Waals surface area contributed by atoms with Crippen molar-refractivity contribution in [2.75, 3.05) is 19.2 Å². The maximum absolute atomic E-state index is 12.5. The van der Waals surface area contributed by atoms with E-state index in [-0.39, 0.29) is 18.7 Å². The number of ether oxygens (including phenoxy) is 2. The molecule has 0 aromatic heterocycles. The monoisotopic (exact) mass is 347 g/mol. The van der Waals surface area contributed by atoms with E-state index in [2.05, 4.69) is 5.32 Å². The second kappa shape index (κ2) is 7.11. The van der Waals surface area contributed by atoms with Crippen molar-refractivity contribution in [2.24, 2.45) is 0 Å². The Morgan fingerprint density at radius 3 is 2.83 bits per heavy atom. The molecule has 0 bridgehead atoms. The average Bonchev–Trinajstić information content (AvgIpc) is 3.01. The fourth-order valence-electron chi connectivity index (χ4n) is 2.57. The molecule has 1 aliphatic heterocycles. The molecule has 3 rings (SSSR count). The van der Waals surface area contributed by atoms with E-state index in [9.17, 15) is 4.79 Å². The van der Waals surface area contributed by atoms with E-state index in [0.717, 1.165) is 17.0 Å². The second-order valence-electron chi connectivity index (χ2n) is 5.93. The highest BCUT2D eigenvalue weighted by Crippen LogP contribution is 2.34. The van der Waals surface area contributed by atoms with E-state index in [1.807, 2.05) is 44.3 Å². The van der Waals surface area contributed by atoms with Gasteiger partial charge in [-0.1, -0.05) is 23.7 Å². The van der Waals surface area contributed by atoms with Crippen molar-refractivity contribution in [1.82, 2.24) is 0 Å². The lowest BCUT2D eigenvalue weighted by atomic mass is 10.2. The number of amides is 1. The third-order valence-corrected chi connectivity index (χ3v) is 4.38. The third kappa shape index (κ3) is 3.80. The fourth-order valence-corrected chi connectivity index (χ4v) is 2.78. The number of likely N-dealkylation sites (N-methyl/N-ethyl adjacent to an activating group) is 1. The van der Waals surface area contributed by atoms with Crippen LogP contribution in [0, 0.1) is 0 Å². The summed E-state index contributed by atoms with van der Waals surface area (Å²) >= 11 is 6.01. The first kappa shape index (κ1) is 16.6. The molecule has 0 aliphatic carbocycles. The summed E-state index contributed by atoms with van der Waals surface area (Å²) in [6.45, 7) is 2.84. The molecule has 24 heavy (non-hydrogen) atoms. The molecule has 126 valence electrons. The molecule has 0 spiro atoms. The molecule has 2 aromatic rings. The van der Waals surface area contributed by atoms with Crippen LogP contribution in [0.5, 0.6) is 11.5 Å². The maximum atomic E-state index is 12.5. The van der Waals surface area contributed by atoms with Gasteiger partial charge in [0.2, 0.25) is 6.79 Å². The Morgan fingerprint density at radius 2 is 2.04 bits per heavy atom. The number of fused-ring (bicyclic) bond motifs is 1. The van der Waals surface area contributed by atoms with Gasteiger partial charge in [0.1, 0.15) is 6.54 Å². The Morgan fingerprint density at radius 1 is 1.25 bits per heavy atom. The average molecular weight is 348 g/mol. The molecule has 1 heterocycles. The zero-order valence-corrected chi connectivity index (χ0v) is 14.4. The summed E-state index contributed by atoms with van der Waals surface area (Å²) in [6, 6.07) is 12.9. The van der Waals surface area contributed by atoms with E-state index in [0.29, 0.717) is 22.2 Å². The van der Waals surface area contributed by atoms with Crippen molar-refractivity contribution < 1.29 is 19.2 Å². The van der Waals surface area contributed by atoms with E-state index >= 15 is 0 Å². The smallest absolute Gasteiger partial charge is 0.282 e. The molecule has 2 N–H and O–H groups in total. The Kier molecular flexibility index (Phi) is 4.92. The first-order chi connectivity index (χ1) is 11.5. The van der Waals surface area contributed by atoms with E-state index < -0.39 is 0 Å². The summed E-state index contributed by atoms with van der Waals surface area (Å²) in [7, 11) is 1.99. The molecule has 0 saturated heterocycles. The number of anilines is 1. The van der Waals surface area contributed by atoms with Crippen molar-refractivity contribution >= 4 is 23.2 Å². The number of quaternary nitrogens is 1. The van der Waals surface area contributed by atoms with Gasteiger partial charge in [0.15, 0.2) is 17.5 Å². The largest absolute Gasteiger partial charge is 0.454 e. The fraction of sp³-hybridized carbons (Fsp3) is 0.278. The van der Waals surface area contributed by atoms with Gasteiger partial charge in [-0.25, -0.2) is 0 Å². The van der Waals surface area contributed by atoms with Gasteiger partial charge < -0.3 is 19.7 Å². The van der Waals surface area contributed by atoms with Gasteiger partial charge in [-0.05, 0) is 31.2 Å². The van der Waals surface area contributed by atoms with Crippen LogP contribution in [0.1, 0.15) is 12.5 Å². The molecule has 0 radical (unpaired) electrons. The van der Waals surface area contributed by atoms with Gasteiger partial charge in [-0.2, -0.15) is 0 Å². The number of hydrogen-bond acceptors (Lipinski definition) is 3. The van der Waals surface area contributed by atoms with Gasteiger partial charge >= 0.3 is 0 Å². The topological polar surface area (TPSA) is 52.0 Å². The highest BCUT2D eigenvalue weighted by atomic mass is 35.5. The Bertz CT molecular complexity index is 751. The molecule has 6 heteroatoms. The molecule has 5 nitrogen and oxygen atoms in total. The van der Waals surface area contributed by atoms with E-state index in [4.69, 9.17) is 21.1 Å². The summed E-state index contributed by atoms with van der Waals surface area (Å²) in [5.41, 5.74) is 1.80. The summed E-state index contributed by atoms with van der Waals surface area (Å²) in [5, 5.41) is 3.63. The lowest BCUT2D eigenvalue weighted by molar-refractivity contribution is -0.907. The van der Waals surface area contributed by atoms with Gasteiger partial charge in [0.05, 0.1) is 7.05 Å². The van der Waals surface area contributed by atoms with Crippen LogP contribution in [-0.2, 0) is 11.3 Å².